The molecular formula is C13H17FN4O2. The standard InChI is InChI=1S/C13H17FN4O2/c1-8-10(9(2)20-18-8)5-4-6-15-13-16-7-11(14)12(17-13)19-3/h7H,4-6H2,1-3H3,(H,15,16,17). The van der Waals surface area contributed by atoms with Gasteiger partial charge in [0.2, 0.25) is 11.8 Å². The van der Waals surface area contributed by atoms with Crippen molar-refractivity contribution in [3.05, 3.63) is 29.0 Å². The zero-order chi connectivity index (χ0) is 14.5. The van der Waals surface area contributed by atoms with E-state index in [-0.39, 0.29) is 5.88 Å². The summed E-state index contributed by atoms with van der Waals surface area (Å²) in [6.45, 7) is 4.49. The topological polar surface area (TPSA) is 73.1 Å². The lowest BCUT2D eigenvalue weighted by Crippen LogP contribution is -2.08. The molecule has 2 aromatic heterocycles. The number of aromatic nitrogens is 3. The molecule has 0 fully saturated rings. The highest BCUT2D eigenvalue weighted by molar-refractivity contribution is 5.28. The van der Waals surface area contributed by atoms with Crippen LogP contribution in [0.25, 0.3) is 0 Å². The second kappa shape index (κ2) is 6.31. The Hall–Kier alpha value is -2.18. The van der Waals surface area contributed by atoms with Crippen LogP contribution in [0.4, 0.5) is 10.3 Å². The van der Waals surface area contributed by atoms with Crippen LogP contribution in [0, 0.1) is 19.7 Å². The predicted molar refractivity (Wildman–Crippen MR) is 71.3 cm³/mol. The average Bonchev–Trinajstić information content (AvgIpc) is 2.76. The van der Waals surface area contributed by atoms with Crippen LogP contribution in [-0.2, 0) is 6.42 Å². The van der Waals surface area contributed by atoms with E-state index in [9.17, 15) is 4.39 Å². The molecule has 2 heterocycles. The molecule has 0 aromatic carbocycles. The van der Waals surface area contributed by atoms with E-state index in [0.29, 0.717) is 12.5 Å². The Bertz CT molecular complexity index is 566. The van der Waals surface area contributed by atoms with Gasteiger partial charge in [-0.05, 0) is 26.7 Å². The van der Waals surface area contributed by atoms with E-state index < -0.39 is 5.82 Å². The fourth-order valence-electron chi connectivity index (χ4n) is 1.90. The molecule has 0 saturated carbocycles. The second-order valence-corrected chi connectivity index (χ2v) is 4.38. The number of aryl methyl sites for hydroxylation is 2. The highest BCUT2D eigenvalue weighted by Gasteiger charge is 2.09. The molecule has 108 valence electrons. The molecule has 0 bridgehead atoms. The van der Waals surface area contributed by atoms with Gasteiger partial charge in [-0.15, -0.1) is 0 Å². The van der Waals surface area contributed by atoms with Crippen molar-refractivity contribution in [3.8, 4) is 5.88 Å². The lowest BCUT2D eigenvalue weighted by Gasteiger charge is -2.06. The molecule has 0 spiro atoms. The fraction of sp³-hybridized carbons (Fsp3) is 0.462. The normalized spacial score (nSPS) is 10.6. The van der Waals surface area contributed by atoms with Crippen LogP contribution in [0.2, 0.25) is 0 Å². The van der Waals surface area contributed by atoms with Gasteiger partial charge in [-0.1, -0.05) is 5.16 Å². The second-order valence-electron chi connectivity index (χ2n) is 4.38. The fourth-order valence-corrected chi connectivity index (χ4v) is 1.90. The molecule has 0 amide bonds. The van der Waals surface area contributed by atoms with Gasteiger partial charge in [0.05, 0.1) is 19.0 Å². The summed E-state index contributed by atoms with van der Waals surface area (Å²) in [6, 6.07) is 0. The van der Waals surface area contributed by atoms with Crippen molar-refractivity contribution in [2.75, 3.05) is 19.0 Å². The van der Waals surface area contributed by atoms with Crippen LogP contribution < -0.4 is 10.1 Å². The molecule has 2 aromatic rings. The van der Waals surface area contributed by atoms with E-state index >= 15 is 0 Å². The number of anilines is 1. The molecule has 0 unspecified atom stereocenters. The Morgan fingerprint density at radius 2 is 2.20 bits per heavy atom. The number of nitrogens with zero attached hydrogens (tertiary/aromatic N) is 3. The van der Waals surface area contributed by atoms with Crippen LogP contribution in [0.1, 0.15) is 23.4 Å². The first-order chi connectivity index (χ1) is 9.61. The van der Waals surface area contributed by atoms with Crippen molar-refractivity contribution in [1.82, 2.24) is 15.1 Å². The molecule has 2 rings (SSSR count). The highest BCUT2D eigenvalue weighted by atomic mass is 19.1. The molecule has 7 heteroatoms. The first-order valence-corrected chi connectivity index (χ1v) is 6.34. The monoisotopic (exact) mass is 280 g/mol. The van der Waals surface area contributed by atoms with Crippen LogP contribution in [0.5, 0.6) is 5.88 Å². The molecule has 0 radical (unpaired) electrons. The third kappa shape index (κ3) is 3.23. The Labute approximate surface area is 116 Å². The number of halogens is 1. The molecule has 0 saturated heterocycles. The van der Waals surface area contributed by atoms with Crippen LogP contribution >= 0.6 is 0 Å². The maximum absolute atomic E-state index is 13.1. The van der Waals surface area contributed by atoms with Gasteiger partial charge in [0.25, 0.3) is 5.88 Å². The number of nitrogens with one attached hydrogen (secondary N) is 1. The minimum Gasteiger partial charge on any atom is -0.479 e. The van der Waals surface area contributed by atoms with Gasteiger partial charge >= 0.3 is 0 Å². The van der Waals surface area contributed by atoms with E-state index in [4.69, 9.17) is 9.26 Å². The molecule has 20 heavy (non-hydrogen) atoms. The van der Waals surface area contributed by atoms with Crippen LogP contribution in [0.3, 0.4) is 0 Å². The van der Waals surface area contributed by atoms with Gasteiger partial charge in [-0.25, -0.2) is 4.98 Å². The summed E-state index contributed by atoms with van der Waals surface area (Å²) in [7, 11) is 1.37. The largest absolute Gasteiger partial charge is 0.479 e. The molecule has 0 aliphatic rings. The maximum Gasteiger partial charge on any atom is 0.255 e. The maximum atomic E-state index is 13.1. The lowest BCUT2D eigenvalue weighted by atomic mass is 10.1. The van der Waals surface area contributed by atoms with Gasteiger partial charge in [0.15, 0.2) is 0 Å². The third-order valence-corrected chi connectivity index (χ3v) is 2.97. The Balaban J connectivity index is 1.84. The average molecular weight is 280 g/mol. The molecular weight excluding hydrogens is 263 g/mol. The first kappa shape index (κ1) is 14.2. The van der Waals surface area contributed by atoms with Crippen molar-refractivity contribution in [2.24, 2.45) is 0 Å². The quantitative estimate of drug-likeness (QED) is 0.818. The van der Waals surface area contributed by atoms with E-state index in [1.165, 1.54) is 7.11 Å². The predicted octanol–water partition coefficient (Wildman–Crippen LogP) is 2.27. The van der Waals surface area contributed by atoms with Crippen molar-refractivity contribution < 1.29 is 13.7 Å². The Morgan fingerprint density at radius 1 is 1.40 bits per heavy atom. The van der Waals surface area contributed by atoms with Crippen molar-refractivity contribution in [2.45, 2.75) is 26.7 Å². The number of hydrogen-bond acceptors (Lipinski definition) is 6. The van der Waals surface area contributed by atoms with Crippen molar-refractivity contribution >= 4 is 5.95 Å². The Kier molecular flexibility index (Phi) is 4.49. The zero-order valence-corrected chi connectivity index (χ0v) is 11.7. The summed E-state index contributed by atoms with van der Waals surface area (Å²) in [4.78, 5) is 7.76. The molecule has 0 atom stereocenters. The summed E-state index contributed by atoms with van der Waals surface area (Å²) in [5, 5.41) is 6.94. The highest BCUT2D eigenvalue weighted by Crippen LogP contribution is 2.15. The lowest BCUT2D eigenvalue weighted by molar-refractivity contribution is 0.368. The van der Waals surface area contributed by atoms with Gasteiger partial charge in [0, 0.05) is 12.1 Å². The van der Waals surface area contributed by atoms with Gasteiger partial charge in [-0.2, -0.15) is 9.37 Å². The zero-order valence-electron chi connectivity index (χ0n) is 11.7. The number of hydrogen-bond donors (Lipinski definition) is 1. The summed E-state index contributed by atoms with van der Waals surface area (Å²) in [5.74, 6) is 0.561. The van der Waals surface area contributed by atoms with Crippen molar-refractivity contribution in [3.63, 3.8) is 0 Å². The van der Waals surface area contributed by atoms with E-state index in [2.05, 4.69) is 20.4 Å². The summed E-state index contributed by atoms with van der Waals surface area (Å²) in [5.41, 5.74) is 2.05. The Morgan fingerprint density at radius 3 is 2.85 bits per heavy atom. The van der Waals surface area contributed by atoms with E-state index in [1.807, 2.05) is 13.8 Å². The third-order valence-electron chi connectivity index (χ3n) is 2.97. The molecule has 0 aliphatic carbocycles. The smallest absolute Gasteiger partial charge is 0.255 e. The van der Waals surface area contributed by atoms with Crippen LogP contribution in [-0.4, -0.2) is 28.8 Å². The molecule has 1 N–H and O–H groups in total. The minimum atomic E-state index is -0.575. The summed E-state index contributed by atoms with van der Waals surface area (Å²) >= 11 is 0. The molecule has 0 aliphatic heterocycles. The molecule has 6 nitrogen and oxygen atoms in total. The van der Waals surface area contributed by atoms with Gasteiger partial charge in [-0.3, -0.25) is 0 Å². The summed E-state index contributed by atoms with van der Waals surface area (Å²) < 4.78 is 23.0. The number of rotatable bonds is 6. The summed E-state index contributed by atoms with van der Waals surface area (Å²) in [6.07, 6.45) is 2.81. The minimum absolute atomic E-state index is 0.0618. The van der Waals surface area contributed by atoms with Crippen molar-refractivity contribution in [1.29, 1.82) is 0 Å². The van der Waals surface area contributed by atoms with Gasteiger partial charge in [0.1, 0.15) is 5.76 Å². The van der Waals surface area contributed by atoms with E-state index in [1.54, 1.807) is 0 Å². The van der Waals surface area contributed by atoms with E-state index in [0.717, 1.165) is 36.1 Å². The first-order valence-electron chi connectivity index (χ1n) is 6.34. The number of methoxy groups -OCH3 is 1. The number of ether oxygens (including phenoxy) is 1. The van der Waals surface area contributed by atoms with Gasteiger partial charge < -0.3 is 14.6 Å². The van der Waals surface area contributed by atoms with Crippen LogP contribution in [0.15, 0.2) is 10.7 Å². The SMILES string of the molecule is COc1nc(NCCCc2c(C)noc2C)ncc1F.